The fourth-order valence-electron chi connectivity index (χ4n) is 0.985. The van der Waals surface area contributed by atoms with Crippen molar-refractivity contribution in [3.63, 3.8) is 0 Å². The van der Waals surface area contributed by atoms with Gasteiger partial charge in [-0.3, -0.25) is 4.79 Å². The lowest BCUT2D eigenvalue weighted by Gasteiger charge is -2.18. The molecule has 2 N–H and O–H groups in total. The molecule has 0 atom stereocenters. The number of hydrogen-bond acceptors (Lipinski definition) is 4. The maximum atomic E-state index is 11.3. The zero-order valence-electron chi connectivity index (χ0n) is 9.98. The summed E-state index contributed by atoms with van der Waals surface area (Å²) in [5.74, 6) is 0. The van der Waals surface area contributed by atoms with E-state index in [1.165, 1.54) is 24.7 Å². The second-order valence-corrected chi connectivity index (χ2v) is 4.34. The van der Waals surface area contributed by atoms with E-state index in [0.717, 1.165) is 0 Å². The number of carbonyl (C=O) groups excluding carboxylic acids is 1. The smallest absolute Gasteiger partial charge is 0.428 e. The molecule has 1 rings (SSSR count). The third-order valence-corrected chi connectivity index (χ3v) is 1.61. The molecule has 0 aliphatic heterocycles. The van der Waals surface area contributed by atoms with Crippen LogP contribution < -0.4 is 10.9 Å². The van der Waals surface area contributed by atoms with Crippen LogP contribution in [0, 0.1) is 0 Å². The molecule has 17 heavy (non-hydrogen) atoms. The van der Waals surface area contributed by atoms with Gasteiger partial charge in [-0.1, -0.05) is 0 Å². The number of pyridine rings is 1. The SMILES string of the molecule is CC(C)(C)OC(=O)NN=Cc1c[nH]ccc1=O. The summed E-state index contributed by atoms with van der Waals surface area (Å²) >= 11 is 0. The molecule has 0 radical (unpaired) electrons. The predicted molar refractivity (Wildman–Crippen MR) is 64.0 cm³/mol. The van der Waals surface area contributed by atoms with Crippen LogP contribution in [0.2, 0.25) is 0 Å². The van der Waals surface area contributed by atoms with Gasteiger partial charge in [0.2, 0.25) is 0 Å². The number of carbonyl (C=O) groups is 1. The molecule has 0 saturated heterocycles. The Hall–Kier alpha value is -2.11. The molecule has 0 fully saturated rings. The van der Waals surface area contributed by atoms with Crippen molar-refractivity contribution in [1.82, 2.24) is 10.4 Å². The number of hydrogen-bond donors (Lipinski definition) is 2. The van der Waals surface area contributed by atoms with E-state index >= 15 is 0 Å². The number of amides is 1. The standard InChI is InChI=1S/C11H15N3O3/c1-11(2,3)17-10(16)14-13-7-8-6-12-5-4-9(8)15/h4-7H,1-3H3,(H,12,15)(H,14,16). The highest BCUT2D eigenvalue weighted by Crippen LogP contribution is 2.06. The van der Waals surface area contributed by atoms with Crippen LogP contribution in [0.25, 0.3) is 0 Å². The fourth-order valence-corrected chi connectivity index (χ4v) is 0.985. The summed E-state index contributed by atoms with van der Waals surface area (Å²) in [5, 5.41) is 3.62. The number of nitrogens with one attached hydrogen (secondary N) is 2. The molecule has 0 aromatic carbocycles. The van der Waals surface area contributed by atoms with Crippen molar-refractivity contribution < 1.29 is 9.53 Å². The molecule has 0 saturated carbocycles. The van der Waals surface area contributed by atoms with Crippen molar-refractivity contribution >= 4 is 12.3 Å². The Labute approximate surface area is 98.7 Å². The van der Waals surface area contributed by atoms with Gasteiger partial charge in [0.15, 0.2) is 5.43 Å². The van der Waals surface area contributed by atoms with E-state index < -0.39 is 11.7 Å². The van der Waals surface area contributed by atoms with Crippen molar-refractivity contribution in [2.75, 3.05) is 0 Å². The Bertz CT molecular complexity index is 471. The number of rotatable bonds is 2. The van der Waals surface area contributed by atoms with Crippen molar-refractivity contribution in [2.24, 2.45) is 5.10 Å². The van der Waals surface area contributed by atoms with E-state index in [-0.39, 0.29) is 5.43 Å². The Morgan fingerprint density at radius 2 is 2.24 bits per heavy atom. The highest BCUT2D eigenvalue weighted by Gasteiger charge is 2.15. The monoisotopic (exact) mass is 237 g/mol. The van der Waals surface area contributed by atoms with Crippen LogP contribution in [0.3, 0.4) is 0 Å². The Morgan fingerprint density at radius 1 is 1.53 bits per heavy atom. The first-order valence-electron chi connectivity index (χ1n) is 5.08. The van der Waals surface area contributed by atoms with Gasteiger partial charge in [-0.05, 0) is 20.8 Å². The number of ether oxygens (including phenoxy) is 1. The molecule has 0 aliphatic carbocycles. The summed E-state index contributed by atoms with van der Waals surface area (Å²) in [6.07, 6.45) is 3.59. The van der Waals surface area contributed by atoms with Crippen molar-refractivity contribution in [1.29, 1.82) is 0 Å². The number of aromatic nitrogens is 1. The van der Waals surface area contributed by atoms with Crippen LogP contribution in [0.15, 0.2) is 28.4 Å². The van der Waals surface area contributed by atoms with Crippen LogP contribution in [0.4, 0.5) is 4.79 Å². The second kappa shape index (κ2) is 5.29. The third kappa shape index (κ3) is 4.96. The molecular formula is C11H15N3O3. The van der Waals surface area contributed by atoms with Crippen LogP contribution >= 0.6 is 0 Å². The van der Waals surface area contributed by atoms with Gasteiger partial charge in [0, 0.05) is 18.5 Å². The van der Waals surface area contributed by atoms with Gasteiger partial charge >= 0.3 is 6.09 Å². The van der Waals surface area contributed by atoms with E-state index in [1.54, 1.807) is 20.8 Å². The average molecular weight is 237 g/mol. The van der Waals surface area contributed by atoms with Crippen LogP contribution in [-0.2, 0) is 4.74 Å². The summed E-state index contributed by atoms with van der Waals surface area (Å²) in [6, 6.07) is 1.37. The van der Waals surface area contributed by atoms with E-state index in [2.05, 4.69) is 15.5 Å². The predicted octanol–water partition coefficient (Wildman–Crippen LogP) is 1.23. The van der Waals surface area contributed by atoms with Gasteiger partial charge in [-0.15, -0.1) is 0 Å². The van der Waals surface area contributed by atoms with Crippen LogP contribution in [0.5, 0.6) is 0 Å². The van der Waals surface area contributed by atoms with Gasteiger partial charge in [-0.2, -0.15) is 5.10 Å². The highest BCUT2D eigenvalue weighted by atomic mass is 16.6. The molecule has 1 aromatic rings. The molecule has 6 nitrogen and oxygen atoms in total. The van der Waals surface area contributed by atoms with Gasteiger partial charge in [0.05, 0.1) is 11.8 Å². The molecule has 0 unspecified atom stereocenters. The molecule has 0 spiro atoms. The summed E-state index contributed by atoms with van der Waals surface area (Å²) in [4.78, 5) is 25.2. The highest BCUT2D eigenvalue weighted by molar-refractivity contribution is 5.80. The quantitative estimate of drug-likeness (QED) is 0.599. The fraction of sp³-hybridized carbons (Fsp3) is 0.364. The van der Waals surface area contributed by atoms with E-state index in [1.807, 2.05) is 0 Å². The molecule has 0 aliphatic rings. The second-order valence-electron chi connectivity index (χ2n) is 4.34. The maximum Gasteiger partial charge on any atom is 0.428 e. The van der Waals surface area contributed by atoms with Gasteiger partial charge in [-0.25, -0.2) is 10.2 Å². The zero-order valence-corrected chi connectivity index (χ0v) is 9.98. The molecular weight excluding hydrogens is 222 g/mol. The van der Waals surface area contributed by atoms with Gasteiger partial charge in [0.25, 0.3) is 0 Å². The van der Waals surface area contributed by atoms with Gasteiger partial charge < -0.3 is 9.72 Å². The minimum absolute atomic E-state index is 0.182. The van der Waals surface area contributed by atoms with Crippen LogP contribution in [0.1, 0.15) is 26.3 Å². The topological polar surface area (TPSA) is 83.5 Å². The maximum absolute atomic E-state index is 11.3. The minimum atomic E-state index is -0.666. The Balaban J connectivity index is 2.54. The van der Waals surface area contributed by atoms with Gasteiger partial charge in [0.1, 0.15) is 5.60 Å². The largest absolute Gasteiger partial charge is 0.443 e. The third-order valence-electron chi connectivity index (χ3n) is 1.61. The molecule has 1 heterocycles. The molecule has 1 amide bonds. The number of H-pyrrole nitrogens is 1. The molecule has 0 bridgehead atoms. The lowest BCUT2D eigenvalue weighted by molar-refractivity contribution is 0.0529. The van der Waals surface area contributed by atoms with E-state index in [0.29, 0.717) is 5.56 Å². The van der Waals surface area contributed by atoms with E-state index in [4.69, 9.17) is 4.74 Å². The zero-order chi connectivity index (χ0) is 12.9. The van der Waals surface area contributed by atoms with E-state index in [9.17, 15) is 9.59 Å². The summed E-state index contributed by atoms with van der Waals surface area (Å²) in [7, 11) is 0. The summed E-state index contributed by atoms with van der Waals surface area (Å²) < 4.78 is 4.96. The number of aromatic amines is 1. The van der Waals surface area contributed by atoms with Crippen molar-refractivity contribution in [3.8, 4) is 0 Å². The van der Waals surface area contributed by atoms with Crippen molar-refractivity contribution in [3.05, 3.63) is 34.2 Å². The average Bonchev–Trinajstić information content (AvgIpc) is 2.18. The Kier molecular flexibility index (Phi) is 4.03. The molecule has 6 heteroatoms. The first-order chi connectivity index (χ1) is 7.88. The van der Waals surface area contributed by atoms with Crippen LogP contribution in [-0.4, -0.2) is 22.9 Å². The number of nitrogens with zero attached hydrogens (tertiary/aromatic N) is 1. The van der Waals surface area contributed by atoms with Crippen molar-refractivity contribution in [2.45, 2.75) is 26.4 Å². The summed E-state index contributed by atoms with van der Waals surface area (Å²) in [6.45, 7) is 5.24. The summed E-state index contributed by atoms with van der Waals surface area (Å²) in [5.41, 5.74) is 1.76. The molecule has 1 aromatic heterocycles. The number of hydrazone groups is 1. The Morgan fingerprint density at radius 3 is 2.82 bits per heavy atom. The first kappa shape index (κ1) is 13.0. The molecule has 92 valence electrons. The normalized spacial score (nSPS) is 11.5. The lowest BCUT2D eigenvalue weighted by atomic mass is 10.2. The first-order valence-corrected chi connectivity index (χ1v) is 5.08. The minimum Gasteiger partial charge on any atom is -0.443 e. The lowest BCUT2D eigenvalue weighted by Crippen LogP contribution is -2.29.